The fourth-order valence-corrected chi connectivity index (χ4v) is 4.40. The largest absolute Gasteiger partial charge is 0.461 e. The molecule has 0 saturated carbocycles. The molecule has 1 aromatic heterocycles. The van der Waals surface area contributed by atoms with Crippen LogP contribution in [-0.4, -0.2) is 23.2 Å². The number of Topliss-reactive ketones (excluding diaryl/α,β-unsaturated/α-hetero) is 1. The summed E-state index contributed by atoms with van der Waals surface area (Å²) >= 11 is 0. The number of hydrogen-bond donors (Lipinski definition) is 2. The van der Waals surface area contributed by atoms with E-state index in [1.54, 1.807) is 0 Å². The van der Waals surface area contributed by atoms with Crippen LogP contribution in [0, 0.1) is 5.41 Å². The Kier molecular flexibility index (Phi) is 2.80. The molecule has 2 aliphatic heterocycles. The van der Waals surface area contributed by atoms with E-state index in [-0.39, 0.29) is 17.1 Å². The third kappa shape index (κ3) is 2.08. The van der Waals surface area contributed by atoms with Gasteiger partial charge in [-0.2, -0.15) is 0 Å². The van der Waals surface area contributed by atoms with Crippen LogP contribution in [0.4, 0.5) is 0 Å². The fourth-order valence-electron chi connectivity index (χ4n) is 4.40. The van der Waals surface area contributed by atoms with Crippen LogP contribution < -0.4 is 10.1 Å². The van der Waals surface area contributed by atoms with E-state index >= 15 is 0 Å². The molecule has 5 nitrogen and oxygen atoms in total. The molecule has 128 valence electrons. The third-order valence-corrected chi connectivity index (χ3v) is 5.53. The van der Waals surface area contributed by atoms with Gasteiger partial charge in [0.1, 0.15) is 11.5 Å². The molecule has 1 aromatic carbocycles. The zero-order valence-electron chi connectivity index (χ0n) is 14.4. The maximum Gasteiger partial charge on any atom is 0.253 e. The minimum Gasteiger partial charge on any atom is -0.461 e. The molecule has 0 radical (unpaired) electrons. The first kappa shape index (κ1) is 14.8. The second-order valence-electron chi connectivity index (χ2n) is 8.07. The summed E-state index contributed by atoms with van der Waals surface area (Å²) in [6.07, 6.45) is 2.67. The molecular formula is C20H20N2O3. The van der Waals surface area contributed by atoms with E-state index in [4.69, 9.17) is 4.74 Å². The van der Waals surface area contributed by atoms with Gasteiger partial charge in [0.15, 0.2) is 5.78 Å². The molecule has 3 heterocycles. The number of aromatic nitrogens is 1. The molecule has 0 unspecified atom stereocenters. The predicted molar refractivity (Wildman–Crippen MR) is 93.7 cm³/mol. The van der Waals surface area contributed by atoms with E-state index in [0.717, 1.165) is 52.1 Å². The summed E-state index contributed by atoms with van der Waals surface area (Å²) in [6, 6.07) is 3.93. The molecule has 0 spiro atoms. The van der Waals surface area contributed by atoms with Crippen molar-refractivity contribution in [2.75, 3.05) is 6.54 Å². The molecule has 25 heavy (non-hydrogen) atoms. The SMILES string of the molecule is CC1(C)CC(=O)C2=C(C1)Oc1ccc3[nH]c4c(c3c1C2)C(=O)NCC4. The second-order valence-corrected chi connectivity index (χ2v) is 8.07. The molecule has 2 N–H and O–H groups in total. The van der Waals surface area contributed by atoms with Gasteiger partial charge in [-0.15, -0.1) is 0 Å². The van der Waals surface area contributed by atoms with E-state index in [2.05, 4.69) is 24.1 Å². The molecule has 5 rings (SSSR count). The first-order valence-electron chi connectivity index (χ1n) is 8.81. The number of benzene rings is 1. The Balaban J connectivity index is 1.70. The average molecular weight is 336 g/mol. The first-order valence-corrected chi connectivity index (χ1v) is 8.81. The monoisotopic (exact) mass is 336 g/mol. The number of hydrogen-bond acceptors (Lipinski definition) is 3. The number of ketones is 1. The summed E-state index contributed by atoms with van der Waals surface area (Å²) in [5.41, 5.74) is 4.31. The highest BCUT2D eigenvalue weighted by Crippen LogP contribution is 2.45. The number of aromatic amines is 1. The highest BCUT2D eigenvalue weighted by Gasteiger charge is 2.38. The highest BCUT2D eigenvalue weighted by atomic mass is 16.5. The standard InChI is InChI=1S/C20H20N2O3/c1-20(2)8-14(23)10-7-11-15(25-16(10)9-20)4-3-12-17(11)18-13(22-12)5-6-21-19(18)24/h3-4,22H,5-9H2,1-2H3,(H,21,24). The normalized spacial score (nSPS) is 21.4. The van der Waals surface area contributed by atoms with Crippen LogP contribution in [0.25, 0.3) is 10.9 Å². The van der Waals surface area contributed by atoms with Gasteiger partial charge in [0, 0.05) is 60.0 Å². The van der Waals surface area contributed by atoms with Gasteiger partial charge in [0.2, 0.25) is 0 Å². The van der Waals surface area contributed by atoms with Crippen molar-refractivity contribution >= 4 is 22.6 Å². The van der Waals surface area contributed by atoms with Crippen molar-refractivity contribution < 1.29 is 14.3 Å². The van der Waals surface area contributed by atoms with Crippen LogP contribution in [-0.2, 0) is 17.6 Å². The number of ether oxygens (including phenoxy) is 1. The quantitative estimate of drug-likeness (QED) is 0.777. The van der Waals surface area contributed by atoms with E-state index in [9.17, 15) is 9.59 Å². The van der Waals surface area contributed by atoms with E-state index in [0.29, 0.717) is 24.9 Å². The van der Waals surface area contributed by atoms with Gasteiger partial charge < -0.3 is 15.0 Å². The van der Waals surface area contributed by atoms with Gasteiger partial charge in [-0.05, 0) is 17.5 Å². The number of nitrogens with one attached hydrogen (secondary N) is 2. The lowest BCUT2D eigenvalue weighted by Crippen LogP contribution is -2.32. The number of allylic oxidation sites excluding steroid dienone is 2. The topological polar surface area (TPSA) is 71.2 Å². The van der Waals surface area contributed by atoms with Gasteiger partial charge in [0.05, 0.1) is 5.56 Å². The molecule has 0 fully saturated rings. The molecule has 0 atom stereocenters. The molecule has 0 saturated heterocycles. The molecule has 0 bridgehead atoms. The Morgan fingerprint density at radius 2 is 2.00 bits per heavy atom. The number of rotatable bonds is 0. The van der Waals surface area contributed by atoms with E-state index in [1.165, 1.54) is 0 Å². The van der Waals surface area contributed by atoms with Crippen molar-refractivity contribution in [3.63, 3.8) is 0 Å². The minimum absolute atomic E-state index is 0.0446. The first-order chi connectivity index (χ1) is 11.9. The molecule has 3 aliphatic rings. The lowest BCUT2D eigenvalue weighted by molar-refractivity contribution is -0.118. The lowest BCUT2D eigenvalue weighted by atomic mass is 9.74. The van der Waals surface area contributed by atoms with Crippen LogP contribution >= 0.6 is 0 Å². The summed E-state index contributed by atoms with van der Waals surface area (Å²) in [5, 5.41) is 3.83. The van der Waals surface area contributed by atoms with Crippen LogP contribution in [0.5, 0.6) is 5.75 Å². The smallest absolute Gasteiger partial charge is 0.253 e. The summed E-state index contributed by atoms with van der Waals surface area (Å²) in [4.78, 5) is 28.5. The predicted octanol–water partition coefficient (Wildman–Crippen LogP) is 3.03. The van der Waals surface area contributed by atoms with Gasteiger partial charge in [-0.1, -0.05) is 13.8 Å². The number of fused-ring (bicyclic) bond motifs is 5. The number of amides is 1. The van der Waals surface area contributed by atoms with Gasteiger partial charge >= 0.3 is 0 Å². The summed E-state index contributed by atoms with van der Waals surface area (Å²) < 4.78 is 6.16. The fraction of sp³-hybridized carbons (Fsp3) is 0.400. The third-order valence-electron chi connectivity index (χ3n) is 5.53. The van der Waals surface area contributed by atoms with Crippen molar-refractivity contribution in [3.05, 3.63) is 40.3 Å². The Bertz CT molecular complexity index is 994. The van der Waals surface area contributed by atoms with Crippen LogP contribution in [0.15, 0.2) is 23.5 Å². The van der Waals surface area contributed by atoms with Crippen molar-refractivity contribution in [1.29, 1.82) is 0 Å². The molecule has 1 aliphatic carbocycles. The van der Waals surface area contributed by atoms with Crippen molar-refractivity contribution in [1.82, 2.24) is 10.3 Å². The van der Waals surface area contributed by atoms with E-state index in [1.807, 2.05) is 12.1 Å². The lowest BCUT2D eigenvalue weighted by Gasteiger charge is -2.34. The number of H-pyrrole nitrogens is 1. The minimum atomic E-state index is -0.0648. The van der Waals surface area contributed by atoms with Crippen LogP contribution in [0.3, 0.4) is 0 Å². The summed E-state index contributed by atoms with van der Waals surface area (Å²) in [5.74, 6) is 1.71. The summed E-state index contributed by atoms with van der Waals surface area (Å²) in [7, 11) is 0. The van der Waals surface area contributed by atoms with Crippen molar-refractivity contribution in [2.24, 2.45) is 5.41 Å². The van der Waals surface area contributed by atoms with Gasteiger partial charge in [-0.25, -0.2) is 0 Å². The highest BCUT2D eigenvalue weighted by molar-refractivity contribution is 6.11. The number of carbonyl (C=O) groups excluding carboxylic acids is 2. The molecule has 2 aromatic rings. The average Bonchev–Trinajstić information content (AvgIpc) is 2.92. The van der Waals surface area contributed by atoms with Crippen molar-refractivity contribution in [2.45, 2.75) is 39.5 Å². The maximum atomic E-state index is 12.7. The zero-order chi connectivity index (χ0) is 17.3. The van der Waals surface area contributed by atoms with Crippen molar-refractivity contribution in [3.8, 4) is 5.75 Å². The summed E-state index contributed by atoms with van der Waals surface area (Å²) in [6.45, 7) is 4.85. The zero-order valence-corrected chi connectivity index (χ0v) is 14.4. The Morgan fingerprint density at radius 1 is 1.16 bits per heavy atom. The second kappa shape index (κ2) is 4.75. The number of carbonyl (C=O) groups is 2. The Morgan fingerprint density at radius 3 is 2.84 bits per heavy atom. The maximum absolute atomic E-state index is 12.7. The Labute approximate surface area is 145 Å². The molecule has 1 amide bonds. The van der Waals surface area contributed by atoms with Crippen LogP contribution in [0.2, 0.25) is 0 Å². The molecular weight excluding hydrogens is 316 g/mol. The van der Waals surface area contributed by atoms with E-state index < -0.39 is 0 Å². The molecule has 5 heteroatoms. The van der Waals surface area contributed by atoms with Gasteiger partial charge in [-0.3, -0.25) is 9.59 Å². The Hall–Kier alpha value is -2.56. The van der Waals surface area contributed by atoms with Crippen LogP contribution in [0.1, 0.15) is 48.3 Å². The van der Waals surface area contributed by atoms with Gasteiger partial charge in [0.25, 0.3) is 5.91 Å².